The Morgan fingerprint density at radius 2 is 2.00 bits per heavy atom. The highest BCUT2D eigenvalue weighted by Crippen LogP contribution is 2.08. The molecule has 11 heavy (non-hydrogen) atoms. The number of carbonyl (C=O) groups excluding carboxylic acids is 1. The molecule has 0 aliphatic carbocycles. The normalized spacial score (nSPS) is 19.0. The molecule has 0 heterocycles. The summed E-state index contributed by atoms with van der Waals surface area (Å²) < 4.78 is 0. The SMILES string of the molecule is C[C@@](O)(CO)[C@@H](O)C(=O)CO. The second-order valence-electron chi connectivity index (χ2n) is 2.54. The molecule has 5 heteroatoms. The maximum atomic E-state index is 10.5. The fourth-order valence-electron chi connectivity index (χ4n) is 0.520. The van der Waals surface area contributed by atoms with Crippen molar-refractivity contribution in [3.8, 4) is 0 Å². The van der Waals surface area contributed by atoms with Gasteiger partial charge in [0, 0.05) is 0 Å². The minimum atomic E-state index is -1.88. The molecule has 0 aromatic heterocycles. The van der Waals surface area contributed by atoms with Crippen molar-refractivity contribution in [2.45, 2.75) is 18.6 Å². The average Bonchev–Trinajstić information content (AvgIpc) is 2.01. The Morgan fingerprint density at radius 3 is 2.27 bits per heavy atom. The molecule has 0 fully saturated rings. The van der Waals surface area contributed by atoms with Crippen LogP contribution in [0, 0.1) is 0 Å². The lowest BCUT2D eigenvalue weighted by Crippen LogP contribution is -2.48. The molecule has 0 amide bonds. The molecule has 66 valence electrons. The summed E-state index contributed by atoms with van der Waals surface area (Å²) in [5.41, 5.74) is -1.88. The number of carbonyl (C=O) groups is 1. The van der Waals surface area contributed by atoms with E-state index < -0.39 is 30.7 Å². The van der Waals surface area contributed by atoms with Crippen LogP contribution in [0.2, 0.25) is 0 Å². The minimum absolute atomic E-state index is 0.736. The zero-order chi connectivity index (χ0) is 9.07. The number of aliphatic hydroxyl groups excluding tert-OH is 3. The average molecular weight is 164 g/mol. The van der Waals surface area contributed by atoms with Crippen LogP contribution < -0.4 is 0 Å². The second kappa shape index (κ2) is 3.77. The molecular formula is C6H12O5. The predicted octanol–water partition coefficient (Wildman–Crippen LogP) is -2.35. The van der Waals surface area contributed by atoms with Crippen molar-refractivity contribution < 1.29 is 25.2 Å². The summed E-state index contributed by atoms with van der Waals surface area (Å²) in [7, 11) is 0. The van der Waals surface area contributed by atoms with E-state index in [1.807, 2.05) is 0 Å². The van der Waals surface area contributed by atoms with E-state index in [0.717, 1.165) is 6.92 Å². The van der Waals surface area contributed by atoms with Crippen molar-refractivity contribution in [1.29, 1.82) is 0 Å². The molecule has 2 atom stereocenters. The van der Waals surface area contributed by atoms with Crippen LogP contribution in [0.25, 0.3) is 0 Å². The predicted molar refractivity (Wildman–Crippen MR) is 35.8 cm³/mol. The highest BCUT2D eigenvalue weighted by molar-refractivity contribution is 5.84. The van der Waals surface area contributed by atoms with E-state index in [-0.39, 0.29) is 0 Å². The van der Waals surface area contributed by atoms with Gasteiger partial charge in [-0.2, -0.15) is 0 Å². The van der Waals surface area contributed by atoms with Gasteiger partial charge in [0.2, 0.25) is 0 Å². The smallest absolute Gasteiger partial charge is 0.189 e. The molecule has 0 aliphatic rings. The third-order valence-corrected chi connectivity index (χ3v) is 1.37. The van der Waals surface area contributed by atoms with Gasteiger partial charge in [-0.05, 0) is 6.92 Å². The second-order valence-corrected chi connectivity index (χ2v) is 2.54. The molecule has 0 aliphatic heterocycles. The highest BCUT2D eigenvalue weighted by atomic mass is 16.4. The summed E-state index contributed by atoms with van der Waals surface area (Å²) >= 11 is 0. The molecule has 0 aromatic rings. The lowest BCUT2D eigenvalue weighted by molar-refractivity contribution is -0.149. The first-order chi connectivity index (χ1) is 4.95. The van der Waals surface area contributed by atoms with Crippen LogP contribution >= 0.6 is 0 Å². The topological polar surface area (TPSA) is 98.0 Å². The number of Topliss-reactive ketones (excluding diaryl/α,β-unsaturated/α-hetero) is 1. The van der Waals surface area contributed by atoms with Gasteiger partial charge in [0.15, 0.2) is 5.78 Å². The van der Waals surface area contributed by atoms with Crippen LogP contribution in [0.15, 0.2) is 0 Å². The zero-order valence-electron chi connectivity index (χ0n) is 6.19. The largest absolute Gasteiger partial charge is 0.393 e. The Hall–Kier alpha value is -0.490. The van der Waals surface area contributed by atoms with Gasteiger partial charge >= 0.3 is 0 Å². The number of aliphatic hydroxyl groups is 4. The van der Waals surface area contributed by atoms with Gasteiger partial charge in [-0.3, -0.25) is 4.79 Å². The number of ketones is 1. The summed E-state index contributed by atoms with van der Waals surface area (Å²) in [6.07, 6.45) is -1.74. The quantitative estimate of drug-likeness (QED) is 0.373. The molecule has 0 rings (SSSR count). The third kappa shape index (κ3) is 2.55. The maximum Gasteiger partial charge on any atom is 0.189 e. The standard InChI is InChI=1S/C6H12O5/c1-6(11,3-8)5(10)4(9)2-7/h5,7-8,10-11H,2-3H2,1H3/t5-,6+/m0/s1. The van der Waals surface area contributed by atoms with Crippen LogP contribution in [0.4, 0.5) is 0 Å². The van der Waals surface area contributed by atoms with Crippen molar-refractivity contribution in [2.75, 3.05) is 13.2 Å². The van der Waals surface area contributed by atoms with E-state index in [0.29, 0.717) is 0 Å². The Labute approximate surface area is 63.9 Å². The lowest BCUT2D eigenvalue weighted by atomic mass is 9.97. The number of hydrogen-bond donors (Lipinski definition) is 4. The number of hydrogen-bond acceptors (Lipinski definition) is 5. The summed E-state index contributed by atoms with van der Waals surface area (Å²) in [6, 6.07) is 0. The molecule has 0 saturated heterocycles. The summed E-state index contributed by atoms with van der Waals surface area (Å²) in [5, 5.41) is 34.7. The van der Waals surface area contributed by atoms with Gasteiger partial charge in [0.25, 0.3) is 0 Å². The Balaban J connectivity index is 4.22. The van der Waals surface area contributed by atoms with Gasteiger partial charge in [-0.15, -0.1) is 0 Å². The van der Waals surface area contributed by atoms with Gasteiger partial charge in [0.05, 0.1) is 6.61 Å². The Bertz CT molecular complexity index is 142. The van der Waals surface area contributed by atoms with Crippen molar-refractivity contribution in [3.05, 3.63) is 0 Å². The van der Waals surface area contributed by atoms with Crippen LogP contribution in [0.3, 0.4) is 0 Å². The van der Waals surface area contributed by atoms with Crippen molar-refractivity contribution in [3.63, 3.8) is 0 Å². The lowest BCUT2D eigenvalue weighted by Gasteiger charge is -2.24. The molecule has 5 nitrogen and oxygen atoms in total. The van der Waals surface area contributed by atoms with Crippen LogP contribution in [0.5, 0.6) is 0 Å². The first-order valence-electron chi connectivity index (χ1n) is 3.10. The molecule has 0 unspecified atom stereocenters. The Morgan fingerprint density at radius 1 is 1.55 bits per heavy atom. The summed E-state index contributed by atoms with van der Waals surface area (Å²) in [4.78, 5) is 10.5. The van der Waals surface area contributed by atoms with Gasteiger partial charge in [0.1, 0.15) is 18.3 Å². The van der Waals surface area contributed by atoms with Gasteiger partial charge in [-0.1, -0.05) is 0 Å². The fourth-order valence-corrected chi connectivity index (χ4v) is 0.520. The minimum Gasteiger partial charge on any atom is -0.393 e. The van der Waals surface area contributed by atoms with Crippen molar-refractivity contribution >= 4 is 5.78 Å². The van der Waals surface area contributed by atoms with E-state index in [1.165, 1.54) is 0 Å². The van der Waals surface area contributed by atoms with Crippen LogP contribution in [-0.4, -0.2) is 51.1 Å². The molecule has 0 radical (unpaired) electrons. The van der Waals surface area contributed by atoms with E-state index in [9.17, 15) is 4.79 Å². The maximum absolute atomic E-state index is 10.5. The van der Waals surface area contributed by atoms with Crippen molar-refractivity contribution in [1.82, 2.24) is 0 Å². The van der Waals surface area contributed by atoms with Crippen molar-refractivity contribution in [2.24, 2.45) is 0 Å². The van der Waals surface area contributed by atoms with E-state index in [2.05, 4.69) is 0 Å². The Kier molecular flexibility index (Phi) is 3.61. The van der Waals surface area contributed by atoms with E-state index in [1.54, 1.807) is 0 Å². The fraction of sp³-hybridized carbons (Fsp3) is 0.833. The molecule has 4 N–H and O–H groups in total. The molecular weight excluding hydrogens is 152 g/mol. The van der Waals surface area contributed by atoms with Gasteiger partial charge < -0.3 is 20.4 Å². The van der Waals surface area contributed by atoms with Crippen LogP contribution in [0.1, 0.15) is 6.92 Å². The van der Waals surface area contributed by atoms with Gasteiger partial charge in [-0.25, -0.2) is 0 Å². The molecule has 0 spiro atoms. The molecule has 0 saturated carbocycles. The van der Waals surface area contributed by atoms with E-state index >= 15 is 0 Å². The summed E-state index contributed by atoms with van der Waals surface area (Å²) in [6.45, 7) is -0.484. The molecule has 0 bridgehead atoms. The monoisotopic (exact) mass is 164 g/mol. The summed E-state index contributed by atoms with van der Waals surface area (Å²) in [5.74, 6) is -0.913. The number of rotatable bonds is 4. The van der Waals surface area contributed by atoms with E-state index in [4.69, 9.17) is 20.4 Å². The molecule has 0 aromatic carbocycles. The zero-order valence-corrected chi connectivity index (χ0v) is 6.19. The third-order valence-electron chi connectivity index (χ3n) is 1.37. The first-order valence-corrected chi connectivity index (χ1v) is 3.10. The highest BCUT2D eigenvalue weighted by Gasteiger charge is 2.34. The first kappa shape index (κ1) is 10.5. The van der Waals surface area contributed by atoms with Crippen LogP contribution in [-0.2, 0) is 4.79 Å².